The lowest BCUT2D eigenvalue weighted by Crippen LogP contribution is -2.30. The number of rotatable bonds is 7. The first-order chi connectivity index (χ1) is 15.3. The molecule has 0 saturated carbocycles. The lowest BCUT2D eigenvalue weighted by Gasteiger charge is -2.11. The molecule has 2 aromatic rings. The predicted octanol–water partition coefficient (Wildman–Crippen LogP) is 4.06. The molecule has 168 valence electrons. The van der Waals surface area contributed by atoms with Crippen LogP contribution in [0, 0.1) is 0 Å². The predicted molar refractivity (Wildman–Crippen MR) is 147 cm³/mol. The summed E-state index contributed by atoms with van der Waals surface area (Å²) in [4.78, 5) is 2.08. The molecule has 0 aliphatic rings. The quantitative estimate of drug-likeness (QED) is 0.212. The van der Waals surface area contributed by atoms with Crippen LogP contribution in [0.2, 0.25) is 0 Å². The minimum atomic E-state index is 0.389. The summed E-state index contributed by atoms with van der Waals surface area (Å²) in [5, 5.41) is 15.1. The van der Waals surface area contributed by atoms with Crippen molar-refractivity contribution in [3.63, 3.8) is 0 Å². The molecule has 2 rings (SSSR count). The van der Waals surface area contributed by atoms with Crippen molar-refractivity contribution >= 4 is 69.6 Å². The number of thiocarbonyl (C=S) groups is 2. The first-order valence-corrected chi connectivity index (χ1v) is 10.8. The molecular weight excluding hydrogens is 438 g/mol. The molecule has 2 aromatic carbocycles. The van der Waals surface area contributed by atoms with Gasteiger partial charge in [-0.3, -0.25) is 10.9 Å². The Kier molecular flexibility index (Phi) is 9.77. The van der Waals surface area contributed by atoms with Gasteiger partial charge in [-0.25, -0.2) is 0 Å². The van der Waals surface area contributed by atoms with E-state index in [-0.39, 0.29) is 0 Å². The van der Waals surface area contributed by atoms with E-state index in [2.05, 4.69) is 73.0 Å². The average Bonchev–Trinajstić information content (AvgIpc) is 2.80. The van der Waals surface area contributed by atoms with E-state index in [1.54, 1.807) is 7.05 Å². The summed E-state index contributed by atoms with van der Waals surface area (Å²) >= 11 is 10.3. The van der Waals surface area contributed by atoms with Crippen molar-refractivity contribution in [1.29, 1.82) is 0 Å². The van der Waals surface area contributed by atoms with Gasteiger partial charge < -0.3 is 15.5 Å². The lowest BCUT2D eigenvalue weighted by molar-refractivity contribution is 0.974. The Labute approximate surface area is 200 Å². The van der Waals surface area contributed by atoms with Gasteiger partial charge in [-0.05, 0) is 73.7 Å². The zero-order valence-corrected chi connectivity index (χ0v) is 20.6. The Morgan fingerprint density at radius 3 is 1.72 bits per heavy atom. The van der Waals surface area contributed by atoms with Crippen LogP contribution in [0.4, 0.5) is 11.4 Å². The Hall–Kier alpha value is -3.30. The molecular formula is C23H29N7S2. The number of hydrogen-bond donors (Lipinski definition) is 4. The summed E-state index contributed by atoms with van der Waals surface area (Å²) in [6.45, 7) is 3.65. The second-order valence-corrected chi connectivity index (χ2v) is 7.91. The highest BCUT2D eigenvalue weighted by molar-refractivity contribution is 7.80. The Morgan fingerprint density at radius 2 is 1.25 bits per heavy atom. The summed E-state index contributed by atoms with van der Waals surface area (Å²) in [7, 11) is 5.79. The Morgan fingerprint density at radius 1 is 0.781 bits per heavy atom. The molecule has 0 atom stereocenters. The Balaban J connectivity index is 1.88. The van der Waals surface area contributed by atoms with Crippen molar-refractivity contribution < 1.29 is 0 Å². The molecule has 9 heteroatoms. The molecule has 0 heterocycles. The molecule has 0 spiro atoms. The van der Waals surface area contributed by atoms with Gasteiger partial charge >= 0.3 is 0 Å². The van der Waals surface area contributed by atoms with Crippen molar-refractivity contribution in [3.8, 4) is 0 Å². The van der Waals surface area contributed by atoms with Crippen LogP contribution < -0.4 is 26.4 Å². The lowest BCUT2D eigenvalue weighted by atomic mass is 10.1. The Bertz CT molecular complexity index is 1010. The van der Waals surface area contributed by atoms with E-state index in [0.717, 1.165) is 16.8 Å². The highest BCUT2D eigenvalue weighted by Crippen LogP contribution is 2.16. The van der Waals surface area contributed by atoms with Crippen molar-refractivity contribution in [2.24, 2.45) is 10.2 Å². The highest BCUT2D eigenvalue weighted by Gasteiger charge is 2.01. The summed E-state index contributed by atoms with van der Waals surface area (Å²) in [5.41, 5.74) is 11.2. The first kappa shape index (κ1) is 25.0. The van der Waals surface area contributed by atoms with Gasteiger partial charge in [0, 0.05) is 32.5 Å². The molecule has 0 radical (unpaired) electrons. The van der Waals surface area contributed by atoms with E-state index >= 15 is 0 Å². The molecule has 0 aromatic heterocycles. The third-order valence-electron chi connectivity index (χ3n) is 4.45. The second kappa shape index (κ2) is 12.5. The summed E-state index contributed by atoms with van der Waals surface area (Å²) in [6.07, 6.45) is 4.17. The molecule has 0 unspecified atom stereocenters. The SMILES string of the molecule is CNC(=S)NN=C(C)C(C)=NNC(=S)Nc1ccc(C=Cc2ccc(N(C)C)cc2)cc1. The van der Waals surface area contributed by atoms with Gasteiger partial charge in [-0.15, -0.1) is 0 Å². The van der Waals surface area contributed by atoms with E-state index in [9.17, 15) is 0 Å². The average molecular weight is 468 g/mol. The van der Waals surface area contributed by atoms with Gasteiger partial charge in [0.25, 0.3) is 0 Å². The largest absolute Gasteiger partial charge is 0.378 e. The summed E-state index contributed by atoms with van der Waals surface area (Å²) < 4.78 is 0. The van der Waals surface area contributed by atoms with Crippen LogP contribution in [0.5, 0.6) is 0 Å². The maximum absolute atomic E-state index is 5.31. The van der Waals surface area contributed by atoms with Crippen LogP contribution in [-0.2, 0) is 0 Å². The maximum Gasteiger partial charge on any atom is 0.191 e. The van der Waals surface area contributed by atoms with E-state index in [4.69, 9.17) is 24.4 Å². The van der Waals surface area contributed by atoms with E-state index in [1.807, 2.05) is 52.2 Å². The number of hydrogen-bond acceptors (Lipinski definition) is 5. The molecule has 0 amide bonds. The van der Waals surface area contributed by atoms with Gasteiger partial charge in [0.2, 0.25) is 0 Å². The third kappa shape index (κ3) is 8.44. The van der Waals surface area contributed by atoms with Crippen molar-refractivity contribution in [3.05, 3.63) is 59.7 Å². The minimum absolute atomic E-state index is 0.389. The van der Waals surface area contributed by atoms with Gasteiger partial charge in [-0.1, -0.05) is 36.4 Å². The molecule has 0 aliphatic carbocycles. The van der Waals surface area contributed by atoms with E-state index in [1.165, 1.54) is 5.69 Å². The summed E-state index contributed by atoms with van der Waals surface area (Å²) in [6, 6.07) is 16.4. The van der Waals surface area contributed by atoms with Gasteiger partial charge in [0.15, 0.2) is 10.2 Å². The molecule has 0 fully saturated rings. The number of nitrogens with one attached hydrogen (secondary N) is 4. The highest BCUT2D eigenvalue weighted by atomic mass is 32.1. The zero-order chi connectivity index (χ0) is 23.5. The van der Waals surface area contributed by atoms with E-state index < -0.39 is 0 Å². The van der Waals surface area contributed by atoms with Crippen LogP contribution in [0.3, 0.4) is 0 Å². The number of nitrogens with zero attached hydrogens (tertiary/aromatic N) is 3. The minimum Gasteiger partial charge on any atom is -0.378 e. The van der Waals surface area contributed by atoms with Crippen molar-refractivity contribution in [2.75, 3.05) is 31.4 Å². The third-order valence-corrected chi connectivity index (χ3v) is 4.94. The van der Waals surface area contributed by atoms with Gasteiger partial charge in [-0.2, -0.15) is 10.2 Å². The van der Waals surface area contributed by atoms with Crippen LogP contribution in [-0.4, -0.2) is 42.8 Å². The smallest absolute Gasteiger partial charge is 0.191 e. The van der Waals surface area contributed by atoms with Gasteiger partial charge in [0.05, 0.1) is 11.4 Å². The molecule has 4 N–H and O–H groups in total. The molecule has 0 saturated heterocycles. The van der Waals surface area contributed by atoms with Crippen LogP contribution in [0.25, 0.3) is 12.2 Å². The monoisotopic (exact) mass is 467 g/mol. The van der Waals surface area contributed by atoms with Gasteiger partial charge in [0.1, 0.15) is 0 Å². The van der Waals surface area contributed by atoms with Crippen LogP contribution in [0.1, 0.15) is 25.0 Å². The van der Waals surface area contributed by atoms with Crippen LogP contribution >= 0.6 is 24.4 Å². The molecule has 7 nitrogen and oxygen atoms in total. The fourth-order valence-corrected chi connectivity index (χ4v) is 2.61. The fraction of sp³-hybridized carbons (Fsp3) is 0.217. The molecule has 0 aliphatic heterocycles. The number of hydrazone groups is 2. The fourth-order valence-electron chi connectivity index (χ4n) is 2.40. The summed E-state index contributed by atoms with van der Waals surface area (Å²) in [5.74, 6) is 0. The number of benzene rings is 2. The second-order valence-electron chi connectivity index (χ2n) is 7.09. The van der Waals surface area contributed by atoms with Crippen molar-refractivity contribution in [2.45, 2.75) is 13.8 Å². The van der Waals surface area contributed by atoms with Crippen LogP contribution in [0.15, 0.2) is 58.7 Å². The standard InChI is InChI=1S/C23H29N7S2/c1-16(26-28-22(31)24-3)17(2)27-29-23(32)25-20-12-8-18(9-13-20)6-7-19-10-14-21(15-11-19)30(4)5/h6-15H,1-5H3,(H2,24,28,31)(H2,25,29,32). The normalized spacial score (nSPS) is 11.8. The van der Waals surface area contributed by atoms with E-state index in [0.29, 0.717) is 21.6 Å². The molecule has 0 bridgehead atoms. The topological polar surface area (TPSA) is 76.1 Å². The molecule has 32 heavy (non-hydrogen) atoms. The zero-order valence-electron chi connectivity index (χ0n) is 18.9. The first-order valence-electron chi connectivity index (χ1n) is 9.97. The number of anilines is 2. The van der Waals surface area contributed by atoms with Crippen molar-refractivity contribution in [1.82, 2.24) is 16.2 Å². The maximum atomic E-state index is 5.31.